The molecule has 28 heavy (non-hydrogen) atoms. The first kappa shape index (κ1) is 18.2. The number of benzene rings is 1. The predicted octanol–water partition coefficient (Wildman–Crippen LogP) is 2.12. The van der Waals surface area contributed by atoms with Gasteiger partial charge in [0.15, 0.2) is 6.61 Å². The van der Waals surface area contributed by atoms with Gasteiger partial charge in [-0.1, -0.05) is 6.07 Å². The first-order valence-corrected chi connectivity index (χ1v) is 9.67. The monoisotopic (exact) mass is 398 g/mol. The van der Waals surface area contributed by atoms with Crippen LogP contribution < -0.4 is 9.64 Å². The van der Waals surface area contributed by atoms with E-state index in [1.165, 1.54) is 0 Å². The van der Waals surface area contributed by atoms with E-state index < -0.39 is 12.6 Å². The molecular weight excluding hydrogens is 380 g/mol. The van der Waals surface area contributed by atoms with Crippen molar-refractivity contribution in [3.05, 3.63) is 47.6 Å². The van der Waals surface area contributed by atoms with Gasteiger partial charge in [-0.15, -0.1) is 11.3 Å². The van der Waals surface area contributed by atoms with Gasteiger partial charge >= 0.3 is 5.97 Å². The quantitative estimate of drug-likeness (QED) is 0.703. The van der Waals surface area contributed by atoms with Gasteiger partial charge in [0.2, 0.25) is 0 Å². The maximum atomic E-state index is 12.8. The highest BCUT2D eigenvalue weighted by Gasteiger charge is 2.24. The van der Waals surface area contributed by atoms with Crippen LogP contribution in [0, 0.1) is 0 Å². The Morgan fingerprint density at radius 3 is 2.75 bits per heavy atom. The summed E-state index contributed by atoms with van der Waals surface area (Å²) in [5.41, 5.74) is 0.485. The summed E-state index contributed by atoms with van der Waals surface area (Å²) >= 11 is 1.58. The van der Waals surface area contributed by atoms with Crippen molar-refractivity contribution in [3.8, 4) is 5.75 Å². The normalized spacial score (nSPS) is 14.3. The minimum atomic E-state index is -1.06. The molecule has 3 heterocycles. The zero-order valence-electron chi connectivity index (χ0n) is 14.9. The molecule has 0 aliphatic carbocycles. The lowest BCUT2D eigenvalue weighted by Gasteiger charge is -2.35. The fourth-order valence-corrected chi connectivity index (χ4v) is 3.92. The molecule has 8 nitrogen and oxygen atoms in total. The number of piperazine rings is 1. The number of carboxylic acids is 1. The van der Waals surface area contributed by atoms with E-state index in [1.54, 1.807) is 46.8 Å². The number of carboxylic acid groups (broad SMARTS) is 1. The van der Waals surface area contributed by atoms with Gasteiger partial charge < -0.3 is 19.6 Å². The molecule has 0 spiro atoms. The van der Waals surface area contributed by atoms with E-state index in [4.69, 9.17) is 9.84 Å². The smallest absolute Gasteiger partial charge is 0.341 e. The number of anilines is 1. The number of rotatable bonds is 5. The van der Waals surface area contributed by atoms with Crippen LogP contribution >= 0.6 is 11.3 Å². The molecule has 1 aliphatic heterocycles. The van der Waals surface area contributed by atoms with Crippen molar-refractivity contribution in [1.82, 2.24) is 14.9 Å². The Bertz CT molecular complexity index is 1010. The van der Waals surface area contributed by atoms with E-state index in [0.29, 0.717) is 37.5 Å². The molecule has 3 aromatic rings. The molecule has 1 amide bonds. The summed E-state index contributed by atoms with van der Waals surface area (Å²) in [5, 5.41) is 11.8. The molecule has 0 unspecified atom stereocenters. The van der Waals surface area contributed by atoms with Gasteiger partial charge in [0.05, 0.1) is 5.39 Å². The molecule has 0 radical (unpaired) electrons. The Balaban J connectivity index is 1.42. The molecule has 4 rings (SSSR count). The van der Waals surface area contributed by atoms with Crippen molar-refractivity contribution >= 4 is 39.2 Å². The van der Waals surface area contributed by atoms with E-state index >= 15 is 0 Å². The Morgan fingerprint density at radius 2 is 1.96 bits per heavy atom. The van der Waals surface area contributed by atoms with Gasteiger partial charge in [-0.2, -0.15) is 0 Å². The van der Waals surface area contributed by atoms with Crippen LogP contribution in [0.3, 0.4) is 0 Å². The number of aliphatic carboxylic acids is 1. The van der Waals surface area contributed by atoms with Crippen LogP contribution in [0.4, 0.5) is 5.82 Å². The van der Waals surface area contributed by atoms with E-state index in [2.05, 4.69) is 14.9 Å². The number of hydrogen-bond donors (Lipinski definition) is 1. The van der Waals surface area contributed by atoms with E-state index in [9.17, 15) is 9.59 Å². The van der Waals surface area contributed by atoms with E-state index in [1.807, 2.05) is 11.4 Å². The lowest BCUT2D eigenvalue weighted by atomic mass is 10.1. The number of nitrogens with zero attached hydrogens (tertiary/aromatic N) is 4. The summed E-state index contributed by atoms with van der Waals surface area (Å²) in [4.78, 5) is 37.1. The first-order chi connectivity index (χ1) is 13.6. The van der Waals surface area contributed by atoms with Crippen molar-refractivity contribution < 1.29 is 19.4 Å². The van der Waals surface area contributed by atoms with Gasteiger partial charge in [-0.05, 0) is 29.6 Å². The molecule has 1 aliphatic rings. The largest absolute Gasteiger partial charge is 0.482 e. The molecule has 0 atom stereocenters. The maximum absolute atomic E-state index is 12.8. The SMILES string of the molecule is O=C(O)COc1cccc(C(=O)N2CCN(c3ncnc4sccc34)CC2)c1. The maximum Gasteiger partial charge on any atom is 0.341 e. The Labute approximate surface area is 165 Å². The lowest BCUT2D eigenvalue weighted by Crippen LogP contribution is -2.49. The van der Waals surface area contributed by atoms with Crippen molar-refractivity contribution in [1.29, 1.82) is 0 Å². The second kappa shape index (κ2) is 7.81. The summed E-state index contributed by atoms with van der Waals surface area (Å²) in [6.07, 6.45) is 1.58. The van der Waals surface area contributed by atoms with Crippen LogP contribution in [0.1, 0.15) is 10.4 Å². The third kappa shape index (κ3) is 3.74. The number of thiophene rings is 1. The third-order valence-electron chi connectivity index (χ3n) is 4.55. The van der Waals surface area contributed by atoms with Gasteiger partial charge in [0.1, 0.15) is 22.7 Å². The van der Waals surface area contributed by atoms with Crippen LogP contribution in [0.25, 0.3) is 10.2 Å². The minimum absolute atomic E-state index is 0.0937. The first-order valence-electron chi connectivity index (χ1n) is 8.79. The molecule has 144 valence electrons. The third-order valence-corrected chi connectivity index (χ3v) is 5.37. The van der Waals surface area contributed by atoms with Gasteiger partial charge in [0, 0.05) is 31.7 Å². The molecule has 1 fully saturated rings. The highest BCUT2D eigenvalue weighted by molar-refractivity contribution is 7.16. The summed E-state index contributed by atoms with van der Waals surface area (Å²) in [5.74, 6) is 0.122. The predicted molar refractivity (Wildman–Crippen MR) is 105 cm³/mol. The summed E-state index contributed by atoms with van der Waals surface area (Å²) in [7, 11) is 0. The second-order valence-corrected chi connectivity index (χ2v) is 7.22. The van der Waals surface area contributed by atoms with Crippen molar-refractivity contribution in [2.24, 2.45) is 0 Å². The van der Waals surface area contributed by atoms with Crippen LogP contribution in [0.2, 0.25) is 0 Å². The average Bonchev–Trinajstić information content (AvgIpc) is 3.21. The molecule has 0 bridgehead atoms. The summed E-state index contributed by atoms with van der Waals surface area (Å²) < 4.78 is 5.16. The Hall–Kier alpha value is -3.20. The van der Waals surface area contributed by atoms with Crippen LogP contribution in [-0.4, -0.2) is 64.6 Å². The fraction of sp³-hybridized carbons (Fsp3) is 0.263. The molecular formula is C19H18N4O4S. The molecule has 2 aromatic heterocycles. The van der Waals surface area contributed by atoms with Gasteiger partial charge in [-0.25, -0.2) is 14.8 Å². The van der Waals surface area contributed by atoms with Crippen LogP contribution in [-0.2, 0) is 4.79 Å². The topological polar surface area (TPSA) is 95.9 Å². The molecule has 1 saturated heterocycles. The summed E-state index contributed by atoms with van der Waals surface area (Å²) in [6.45, 7) is 2.08. The second-order valence-electron chi connectivity index (χ2n) is 6.33. The molecule has 0 saturated carbocycles. The number of fused-ring (bicyclic) bond motifs is 1. The fourth-order valence-electron chi connectivity index (χ4n) is 3.20. The number of aromatic nitrogens is 2. The Kier molecular flexibility index (Phi) is 5.07. The van der Waals surface area contributed by atoms with E-state index in [0.717, 1.165) is 16.0 Å². The highest BCUT2D eigenvalue weighted by Crippen LogP contribution is 2.27. The van der Waals surface area contributed by atoms with Crippen LogP contribution in [0.15, 0.2) is 42.0 Å². The number of carbonyl (C=O) groups excluding carboxylic acids is 1. The number of ether oxygens (including phenoxy) is 1. The van der Waals surface area contributed by atoms with Gasteiger partial charge in [-0.3, -0.25) is 4.79 Å². The molecule has 1 N–H and O–H groups in total. The zero-order valence-corrected chi connectivity index (χ0v) is 15.8. The van der Waals surface area contributed by atoms with Gasteiger partial charge in [0.25, 0.3) is 5.91 Å². The van der Waals surface area contributed by atoms with Crippen molar-refractivity contribution in [2.45, 2.75) is 0 Å². The number of amides is 1. The lowest BCUT2D eigenvalue weighted by molar-refractivity contribution is -0.139. The minimum Gasteiger partial charge on any atom is -0.482 e. The standard InChI is InChI=1S/C19H18N4O4S/c24-16(25)11-27-14-3-1-2-13(10-14)19(26)23-7-5-22(6-8-23)17-15-4-9-28-18(15)21-12-20-17/h1-4,9-10,12H,5-8,11H2,(H,24,25). The van der Waals surface area contributed by atoms with Crippen LogP contribution in [0.5, 0.6) is 5.75 Å². The molecule has 9 heteroatoms. The summed E-state index contributed by atoms with van der Waals surface area (Å²) in [6, 6.07) is 8.64. The molecule has 1 aromatic carbocycles. The number of carbonyl (C=O) groups is 2. The average molecular weight is 398 g/mol. The van der Waals surface area contributed by atoms with Crippen molar-refractivity contribution in [3.63, 3.8) is 0 Å². The van der Waals surface area contributed by atoms with Crippen molar-refractivity contribution in [2.75, 3.05) is 37.7 Å². The van der Waals surface area contributed by atoms with E-state index in [-0.39, 0.29) is 5.91 Å². The zero-order chi connectivity index (χ0) is 19.5. The highest BCUT2D eigenvalue weighted by atomic mass is 32.1. The Morgan fingerprint density at radius 1 is 1.14 bits per heavy atom. The number of hydrogen-bond acceptors (Lipinski definition) is 7.